The molecule has 0 saturated heterocycles. The Kier molecular flexibility index (Phi) is 2.69. The van der Waals surface area contributed by atoms with Crippen LogP contribution < -0.4 is 0 Å². The van der Waals surface area contributed by atoms with Gasteiger partial charge in [0.25, 0.3) is 0 Å². The van der Waals surface area contributed by atoms with Crippen LogP contribution in [-0.4, -0.2) is 4.98 Å². The first kappa shape index (κ1) is 10.8. The minimum absolute atomic E-state index is 0.888. The molecular formula is C16H13NO. The monoisotopic (exact) mass is 235 g/mol. The summed E-state index contributed by atoms with van der Waals surface area (Å²) in [6.07, 6.45) is 1.69. The minimum Gasteiger partial charge on any atom is -0.464 e. The molecule has 0 aliphatic carbocycles. The van der Waals surface area contributed by atoms with Gasteiger partial charge in [-0.1, -0.05) is 30.3 Å². The van der Waals surface area contributed by atoms with E-state index in [2.05, 4.69) is 29.2 Å². The Labute approximate surface area is 106 Å². The Morgan fingerprint density at radius 1 is 0.833 bits per heavy atom. The Morgan fingerprint density at radius 3 is 2.28 bits per heavy atom. The van der Waals surface area contributed by atoms with E-state index in [9.17, 15) is 0 Å². The van der Waals surface area contributed by atoms with Crippen LogP contribution in [0.25, 0.3) is 22.6 Å². The molecule has 0 radical (unpaired) electrons. The molecule has 0 bridgehead atoms. The standard InChI is InChI=1S/C16H13NO/c1-12-4-2-5-15(17-12)13-7-9-14(10-8-13)16-6-3-11-18-16/h2-11H,1H3. The largest absolute Gasteiger partial charge is 0.464 e. The van der Waals surface area contributed by atoms with Crippen molar-refractivity contribution in [2.24, 2.45) is 0 Å². The van der Waals surface area contributed by atoms with E-state index in [0.717, 1.165) is 28.3 Å². The van der Waals surface area contributed by atoms with Crippen molar-refractivity contribution in [2.45, 2.75) is 6.92 Å². The van der Waals surface area contributed by atoms with Crippen molar-refractivity contribution in [3.8, 4) is 22.6 Å². The van der Waals surface area contributed by atoms with Crippen LogP contribution in [0.1, 0.15) is 5.69 Å². The summed E-state index contributed by atoms with van der Waals surface area (Å²) in [7, 11) is 0. The van der Waals surface area contributed by atoms with Gasteiger partial charge in [-0.05, 0) is 31.2 Å². The van der Waals surface area contributed by atoms with Crippen LogP contribution in [0.2, 0.25) is 0 Å². The molecule has 0 atom stereocenters. The van der Waals surface area contributed by atoms with Crippen molar-refractivity contribution in [1.29, 1.82) is 0 Å². The van der Waals surface area contributed by atoms with Gasteiger partial charge >= 0.3 is 0 Å². The van der Waals surface area contributed by atoms with Gasteiger partial charge in [-0.3, -0.25) is 4.98 Å². The summed E-state index contributed by atoms with van der Waals surface area (Å²) in [5.41, 5.74) is 4.23. The lowest BCUT2D eigenvalue weighted by Gasteiger charge is -2.03. The number of pyridine rings is 1. The number of aromatic nitrogens is 1. The molecule has 3 rings (SSSR count). The number of aryl methyl sites for hydroxylation is 1. The highest BCUT2D eigenvalue weighted by Crippen LogP contribution is 2.24. The zero-order valence-corrected chi connectivity index (χ0v) is 10.1. The van der Waals surface area contributed by atoms with Crippen molar-refractivity contribution in [3.63, 3.8) is 0 Å². The Balaban J connectivity index is 1.96. The van der Waals surface area contributed by atoms with Gasteiger partial charge < -0.3 is 4.42 Å². The van der Waals surface area contributed by atoms with Crippen LogP contribution in [0, 0.1) is 6.92 Å². The molecular weight excluding hydrogens is 222 g/mol. The van der Waals surface area contributed by atoms with Crippen LogP contribution in [0.5, 0.6) is 0 Å². The summed E-state index contributed by atoms with van der Waals surface area (Å²) in [4.78, 5) is 4.51. The molecule has 3 aromatic rings. The lowest BCUT2D eigenvalue weighted by molar-refractivity contribution is 0.582. The molecule has 2 heteroatoms. The number of furan rings is 1. The van der Waals surface area contributed by atoms with Gasteiger partial charge in [0.1, 0.15) is 5.76 Å². The molecule has 0 saturated carbocycles. The molecule has 2 aromatic heterocycles. The third-order valence-electron chi connectivity index (χ3n) is 2.87. The predicted molar refractivity (Wildman–Crippen MR) is 72.1 cm³/mol. The van der Waals surface area contributed by atoms with Gasteiger partial charge in [-0.15, -0.1) is 0 Å². The van der Waals surface area contributed by atoms with E-state index in [1.165, 1.54) is 0 Å². The number of rotatable bonds is 2. The maximum atomic E-state index is 5.37. The fourth-order valence-electron chi connectivity index (χ4n) is 1.95. The third kappa shape index (κ3) is 2.05. The summed E-state index contributed by atoms with van der Waals surface area (Å²) in [5.74, 6) is 0.888. The molecule has 0 aliphatic rings. The normalized spacial score (nSPS) is 10.5. The van der Waals surface area contributed by atoms with Gasteiger partial charge in [-0.2, -0.15) is 0 Å². The van der Waals surface area contributed by atoms with E-state index in [1.807, 2.05) is 37.3 Å². The minimum atomic E-state index is 0.888. The van der Waals surface area contributed by atoms with Crippen LogP contribution in [-0.2, 0) is 0 Å². The molecule has 0 amide bonds. The van der Waals surface area contributed by atoms with Gasteiger partial charge in [0.2, 0.25) is 0 Å². The molecule has 18 heavy (non-hydrogen) atoms. The van der Waals surface area contributed by atoms with Crippen LogP contribution >= 0.6 is 0 Å². The summed E-state index contributed by atoms with van der Waals surface area (Å²) >= 11 is 0. The second kappa shape index (κ2) is 4.49. The van der Waals surface area contributed by atoms with E-state index in [1.54, 1.807) is 6.26 Å². The second-order valence-electron chi connectivity index (χ2n) is 4.22. The van der Waals surface area contributed by atoms with Crippen molar-refractivity contribution in [2.75, 3.05) is 0 Å². The maximum Gasteiger partial charge on any atom is 0.133 e. The molecule has 0 unspecified atom stereocenters. The van der Waals surface area contributed by atoms with Gasteiger partial charge in [-0.25, -0.2) is 0 Å². The Hall–Kier alpha value is -2.35. The van der Waals surface area contributed by atoms with Crippen molar-refractivity contribution in [1.82, 2.24) is 4.98 Å². The van der Waals surface area contributed by atoms with Gasteiger partial charge in [0.05, 0.1) is 12.0 Å². The lowest BCUT2D eigenvalue weighted by Crippen LogP contribution is -1.85. The highest BCUT2D eigenvalue weighted by atomic mass is 16.3. The SMILES string of the molecule is Cc1cccc(-c2ccc(-c3ccco3)cc2)n1. The van der Waals surface area contributed by atoms with E-state index in [-0.39, 0.29) is 0 Å². The molecule has 2 heterocycles. The van der Waals surface area contributed by atoms with Gasteiger partial charge in [0, 0.05) is 16.8 Å². The quantitative estimate of drug-likeness (QED) is 0.661. The zero-order chi connectivity index (χ0) is 12.4. The number of nitrogens with zero attached hydrogens (tertiary/aromatic N) is 1. The van der Waals surface area contributed by atoms with Crippen LogP contribution in [0.4, 0.5) is 0 Å². The number of hydrogen-bond acceptors (Lipinski definition) is 2. The zero-order valence-electron chi connectivity index (χ0n) is 10.1. The van der Waals surface area contributed by atoms with E-state index < -0.39 is 0 Å². The summed E-state index contributed by atoms with van der Waals surface area (Å²) in [5, 5.41) is 0. The lowest BCUT2D eigenvalue weighted by atomic mass is 10.1. The molecule has 2 nitrogen and oxygen atoms in total. The predicted octanol–water partition coefficient (Wildman–Crippen LogP) is 4.32. The van der Waals surface area contributed by atoms with Crippen molar-refractivity contribution in [3.05, 3.63) is 66.6 Å². The molecule has 1 aromatic carbocycles. The van der Waals surface area contributed by atoms with Gasteiger partial charge in [0.15, 0.2) is 0 Å². The van der Waals surface area contributed by atoms with E-state index in [0.29, 0.717) is 0 Å². The summed E-state index contributed by atoms with van der Waals surface area (Å²) in [6.45, 7) is 2.00. The van der Waals surface area contributed by atoms with Crippen molar-refractivity contribution < 1.29 is 4.42 Å². The topological polar surface area (TPSA) is 26.0 Å². The first-order valence-electron chi connectivity index (χ1n) is 5.91. The fraction of sp³-hybridized carbons (Fsp3) is 0.0625. The summed E-state index contributed by atoms with van der Waals surface area (Å²) < 4.78 is 5.37. The highest BCUT2D eigenvalue weighted by molar-refractivity contribution is 5.65. The summed E-state index contributed by atoms with van der Waals surface area (Å²) in [6, 6.07) is 18.1. The Morgan fingerprint density at radius 2 is 1.61 bits per heavy atom. The third-order valence-corrected chi connectivity index (χ3v) is 2.87. The van der Waals surface area contributed by atoms with Crippen LogP contribution in [0.3, 0.4) is 0 Å². The number of benzene rings is 1. The van der Waals surface area contributed by atoms with Crippen molar-refractivity contribution >= 4 is 0 Å². The highest BCUT2D eigenvalue weighted by Gasteiger charge is 2.02. The smallest absolute Gasteiger partial charge is 0.133 e. The molecule has 0 aliphatic heterocycles. The maximum absolute atomic E-state index is 5.37. The van der Waals surface area contributed by atoms with E-state index in [4.69, 9.17) is 4.42 Å². The molecule has 88 valence electrons. The fourth-order valence-corrected chi connectivity index (χ4v) is 1.95. The van der Waals surface area contributed by atoms with Crippen LogP contribution in [0.15, 0.2) is 65.3 Å². The Bertz CT molecular complexity index is 639. The second-order valence-corrected chi connectivity index (χ2v) is 4.22. The average Bonchev–Trinajstić information content (AvgIpc) is 2.93. The molecule has 0 fully saturated rings. The number of hydrogen-bond donors (Lipinski definition) is 0. The first-order chi connectivity index (χ1) is 8.83. The average molecular weight is 235 g/mol. The molecule has 0 N–H and O–H groups in total. The van der Waals surface area contributed by atoms with E-state index >= 15 is 0 Å². The first-order valence-corrected chi connectivity index (χ1v) is 5.91. The molecule has 0 spiro atoms.